The van der Waals surface area contributed by atoms with Crippen molar-refractivity contribution in [2.75, 3.05) is 19.6 Å². The van der Waals surface area contributed by atoms with Crippen LogP contribution < -0.4 is 5.32 Å². The molecule has 0 spiro atoms. The minimum atomic E-state index is -0.00920. The first kappa shape index (κ1) is 13.6. The summed E-state index contributed by atoms with van der Waals surface area (Å²) in [7, 11) is 0. The number of benzene rings is 1. The molecule has 20 heavy (non-hydrogen) atoms. The molecule has 1 saturated carbocycles. The summed E-state index contributed by atoms with van der Waals surface area (Å²) in [6.45, 7) is 5.54. The first-order chi connectivity index (χ1) is 9.72. The van der Waals surface area contributed by atoms with E-state index in [1.807, 2.05) is 18.2 Å². The van der Waals surface area contributed by atoms with Crippen LogP contribution in [0.5, 0.6) is 0 Å². The summed E-state index contributed by atoms with van der Waals surface area (Å²) in [5.41, 5.74) is 1.21. The second-order valence-electron chi connectivity index (χ2n) is 6.27. The van der Waals surface area contributed by atoms with Crippen LogP contribution in [0, 0.1) is 0 Å². The molecule has 1 aliphatic carbocycles. The average molecular weight is 272 g/mol. The van der Waals surface area contributed by atoms with Gasteiger partial charge in [-0.1, -0.05) is 37.3 Å². The molecule has 0 radical (unpaired) electrons. The number of hydrogen-bond donors (Lipinski definition) is 1. The zero-order chi connectivity index (χ0) is 14.0. The van der Waals surface area contributed by atoms with Crippen molar-refractivity contribution in [1.82, 2.24) is 10.2 Å². The molecule has 1 N–H and O–H groups in total. The minimum absolute atomic E-state index is 0.00920. The molecule has 1 aliphatic heterocycles. The fraction of sp³-hybridized carbons (Fsp3) is 0.588. The number of carbonyl (C=O) groups is 1. The number of amides is 1. The largest absolute Gasteiger partial charge is 0.349 e. The van der Waals surface area contributed by atoms with Crippen LogP contribution in [0.2, 0.25) is 0 Å². The lowest BCUT2D eigenvalue weighted by molar-refractivity contribution is -0.123. The third kappa shape index (κ3) is 2.88. The van der Waals surface area contributed by atoms with Crippen molar-refractivity contribution in [1.29, 1.82) is 0 Å². The maximum Gasteiger partial charge on any atom is 0.228 e. The third-order valence-corrected chi connectivity index (χ3v) is 4.64. The van der Waals surface area contributed by atoms with Gasteiger partial charge in [-0.15, -0.1) is 0 Å². The molecule has 108 valence electrons. The van der Waals surface area contributed by atoms with Gasteiger partial charge in [-0.05, 0) is 44.3 Å². The minimum Gasteiger partial charge on any atom is -0.349 e. The summed E-state index contributed by atoms with van der Waals surface area (Å²) < 4.78 is 0. The topological polar surface area (TPSA) is 32.3 Å². The molecule has 0 bridgehead atoms. The Labute approximate surface area is 121 Å². The van der Waals surface area contributed by atoms with Crippen molar-refractivity contribution in [3.63, 3.8) is 0 Å². The molecule has 1 saturated heterocycles. The van der Waals surface area contributed by atoms with Crippen LogP contribution in [0.4, 0.5) is 0 Å². The highest BCUT2D eigenvalue weighted by atomic mass is 16.2. The number of nitrogens with zero attached hydrogens (tertiary/aromatic N) is 1. The highest BCUT2D eigenvalue weighted by Gasteiger charge is 2.46. The Balaban J connectivity index is 1.62. The molecule has 2 aliphatic rings. The Bertz CT molecular complexity index is 463. The van der Waals surface area contributed by atoms with Crippen molar-refractivity contribution in [3.8, 4) is 0 Å². The zero-order valence-corrected chi connectivity index (χ0v) is 12.3. The van der Waals surface area contributed by atoms with Gasteiger partial charge < -0.3 is 10.2 Å². The maximum atomic E-state index is 12.6. The molecule has 1 aromatic rings. The van der Waals surface area contributed by atoms with Crippen LogP contribution >= 0.6 is 0 Å². The quantitative estimate of drug-likeness (QED) is 0.863. The van der Waals surface area contributed by atoms with Crippen molar-refractivity contribution in [2.24, 2.45) is 0 Å². The molecule has 3 rings (SSSR count). The second-order valence-corrected chi connectivity index (χ2v) is 6.27. The van der Waals surface area contributed by atoms with Gasteiger partial charge in [0, 0.05) is 6.54 Å². The van der Waals surface area contributed by atoms with Gasteiger partial charge in [0.15, 0.2) is 0 Å². The van der Waals surface area contributed by atoms with Crippen molar-refractivity contribution < 1.29 is 4.79 Å². The van der Waals surface area contributed by atoms with E-state index in [1.54, 1.807) is 0 Å². The smallest absolute Gasteiger partial charge is 0.228 e. The standard InChI is InChI=1S/C17H24N2O/c1-2-15(14-7-4-3-5-8-14)16(20)18-17(9-10-17)13-19-11-6-12-19/h3-5,7-8,15H,2,6,9-13H2,1H3,(H,18,20)/t15-/m1/s1. The van der Waals surface area contributed by atoms with E-state index < -0.39 is 0 Å². The van der Waals surface area contributed by atoms with E-state index in [-0.39, 0.29) is 17.4 Å². The molecule has 1 aromatic carbocycles. The average Bonchev–Trinajstić information content (AvgIpc) is 3.16. The van der Waals surface area contributed by atoms with Gasteiger partial charge in [0.1, 0.15) is 0 Å². The Morgan fingerprint density at radius 1 is 1.30 bits per heavy atom. The summed E-state index contributed by atoms with van der Waals surface area (Å²) in [6.07, 6.45) is 4.45. The van der Waals surface area contributed by atoms with Gasteiger partial charge in [0.05, 0.1) is 11.5 Å². The highest BCUT2D eigenvalue weighted by Crippen LogP contribution is 2.38. The van der Waals surface area contributed by atoms with Crippen LogP contribution in [-0.4, -0.2) is 36.0 Å². The van der Waals surface area contributed by atoms with Crippen LogP contribution in [0.15, 0.2) is 30.3 Å². The van der Waals surface area contributed by atoms with Gasteiger partial charge in [0.2, 0.25) is 5.91 Å². The lowest BCUT2D eigenvalue weighted by Gasteiger charge is -2.35. The second kappa shape index (κ2) is 5.57. The van der Waals surface area contributed by atoms with Gasteiger partial charge in [-0.3, -0.25) is 4.79 Å². The molecular weight excluding hydrogens is 248 g/mol. The van der Waals surface area contributed by atoms with Gasteiger partial charge in [0.25, 0.3) is 0 Å². The Morgan fingerprint density at radius 3 is 2.50 bits per heavy atom. The molecule has 1 atom stereocenters. The number of carbonyl (C=O) groups excluding carboxylic acids is 1. The summed E-state index contributed by atoms with van der Waals surface area (Å²) in [5.74, 6) is 0.196. The number of rotatable bonds is 6. The fourth-order valence-electron chi connectivity index (χ4n) is 3.05. The van der Waals surface area contributed by atoms with E-state index in [9.17, 15) is 4.79 Å². The van der Waals surface area contributed by atoms with Gasteiger partial charge in [-0.2, -0.15) is 0 Å². The Morgan fingerprint density at radius 2 is 2.00 bits per heavy atom. The van der Waals surface area contributed by atoms with Crippen LogP contribution in [0.1, 0.15) is 44.1 Å². The van der Waals surface area contributed by atoms with Crippen LogP contribution in [-0.2, 0) is 4.79 Å². The van der Waals surface area contributed by atoms with Crippen molar-refractivity contribution >= 4 is 5.91 Å². The molecular formula is C17H24N2O. The first-order valence-electron chi connectivity index (χ1n) is 7.82. The van der Waals surface area contributed by atoms with E-state index in [0.29, 0.717) is 0 Å². The predicted octanol–water partition coefficient (Wildman–Crippen LogP) is 2.53. The van der Waals surface area contributed by atoms with E-state index in [1.165, 1.54) is 19.5 Å². The molecule has 2 fully saturated rings. The third-order valence-electron chi connectivity index (χ3n) is 4.64. The summed E-state index contributed by atoms with van der Waals surface area (Å²) in [5, 5.41) is 3.34. The molecule has 1 amide bonds. The molecule has 0 unspecified atom stereocenters. The van der Waals surface area contributed by atoms with E-state index in [2.05, 4.69) is 29.3 Å². The summed E-state index contributed by atoms with van der Waals surface area (Å²) >= 11 is 0. The highest BCUT2D eigenvalue weighted by molar-refractivity contribution is 5.84. The summed E-state index contributed by atoms with van der Waals surface area (Å²) in [6, 6.07) is 10.1. The molecule has 0 aromatic heterocycles. The lowest BCUT2D eigenvalue weighted by atomic mass is 9.95. The van der Waals surface area contributed by atoms with Gasteiger partial charge >= 0.3 is 0 Å². The fourth-order valence-corrected chi connectivity index (χ4v) is 3.05. The van der Waals surface area contributed by atoms with Crippen molar-refractivity contribution in [2.45, 2.75) is 44.1 Å². The Kier molecular flexibility index (Phi) is 3.79. The first-order valence-corrected chi connectivity index (χ1v) is 7.82. The van der Waals surface area contributed by atoms with E-state index in [4.69, 9.17) is 0 Å². The molecule has 3 heteroatoms. The normalized spacial score (nSPS) is 21.9. The van der Waals surface area contributed by atoms with Gasteiger partial charge in [-0.25, -0.2) is 0 Å². The number of likely N-dealkylation sites (tertiary alicyclic amines) is 1. The SMILES string of the molecule is CC[C@@H](C(=O)NC1(CN2CCC2)CC1)c1ccccc1. The number of nitrogens with one attached hydrogen (secondary N) is 1. The van der Waals surface area contributed by atoms with E-state index in [0.717, 1.165) is 31.4 Å². The monoisotopic (exact) mass is 272 g/mol. The lowest BCUT2D eigenvalue weighted by Crippen LogP contribution is -2.51. The van der Waals surface area contributed by atoms with Crippen LogP contribution in [0.25, 0.3) is 0 Å². The van der Waals surface area contributed by atoms with Crippen molar-refractivity contribution in [3.05, 3.63) is 35.9 Å². The summed E-state index contributed by atoms with van der Waals surface area (Å²) in [4.78, 5) is 15.0. The maximum absolute atomic E-state index is 12.6. The predicted molar refractivity (Wildman–Crippen MR) is 80.6 cm³/mol. The van der Waals surface area contributed by atoms with E-state index >= 15 is 0 Å². The zero-order valence-electron chi connectivity index (χ0n) is 12.3. The molecule has 1 heterocycles. The Hall–Kier alpha value is -1.35. The molecule has 3 nitrogen and oxygen atoms in total. The van der Waals surface area contributed by atoms with Crippen LogP contribution in [0.3, 0.4) is 0 Å². The number of hydrogen-bond acceptors (Lipinski definition) is 2.